The number of hydrogen-bond acceptors (Lipinski definition) is 6. The highest BCUT2D eigenvalue weighted by molar-refractivity contribution is 5.66. The number of carbonyl (C=O) groups excluding carboxylic acids is 3. The van der Waals surface area contributed by atoms with E-state index < -0.39 is 0 Å². The van der Waals surface area contributed by atoms with Crippen molar-refractivity contribution in [2.45, 2.75) is 157 Å². The monoisotopic (exact) mass is 516 g/mol. The molecule has 0 aliphatic rings. The van der Waals surface area contributed by atoms with Crippen molar-refractivity contribution in [1.82, 2.24) is 0 Å². The van der Waals surface area contributed by atoms with Gasteiger partial charge in [0, 0.05) is 20.8 Å². The molecule has 0 aliphatic heterocycles. The van der Waals surface area contributed by atoms with Crippen molar-refractivity contribution in [2.24, 2.45) is 0 Å². The Labute approximate surface area is 223 Å². The van der Waals surface area contributed by atoms with Crippen LogP contribution in [0.25, 0.3) is 0 Å². The fourth-order valence-corrected chi connectivity index (χ4v) is 3.29. The summed E-state index contributed by atoms with van der Waals surface area (Å²) in [4.78, 5) is 31.1. The topological polar surface area (TPSA) is 78.9 Å². The van der Waals surface area contributed by atoms with Gasteiger partial charge in [0.05, 0.1) is 19.8 Å². The lowest BCUT2D eigenvalue weighted by Crippen LogP contribution is -1.99. The van der Waals surface area contributed by atoms with E-state index in [0.29, 0.717) is 19.8 Å². The summed E-state index contributed by atoms with van der Waals surface area (Å²) < 4.78 is 14.4. The van der Waals surface area contributed by atoms with Crippen molar-refractivity contribution in [3.05, 3.63) is 0 Å². The highest BCUT2D eigenvalue weighted by Crippen LogP contribution is 2.07. The molecule has 216 valence electrons. The quantitative estimate of drug-likeness (QED) is 0.0862. The Hall–Kier alpha value is -1.59. The van der Waals surface area contributed by atoms with E-state index in [-0.39, 0.29) is 17.9 Å². The first kappa shape index (κ1) is 38.9. The van der Waals surface area contributed by atoms with Gasteiger partial charge in [-0.2, -0.15) is 0 Å². The van der Waals surface area contributed by atoms with E-state index in [0.717, 1.165) is 19.3 Å². The summed E-state index contributed by atoms with van der Waals surface area (Å²) in [6.07, 6.45) is 22.2. The van der Waals surface area contributed by atoms with Crippen LogP contribution in [0.15, 0.2) is 0 Å². The number of esters is 3. The Morgan fingerprint density at radius 1 is 0.361 bits per heavy atom. The Morgan fingerprint density at radius 2 is 0.556 bits per heavy atom. The van der Waals surface area contributed by atoms with Gasteiger partial charge in [0.15, 0.2) is 0 Å². The van der Waals surface area contributed by atoms with Gasteiger partial charge >= 0.3 is 17.9 Å². The third-order valence-corrected chi connectivity index (χ3v) is 5.41. The lowest BCUT2D eigenvalue weighted by molar-refractivity contribution is -0.142. The van der Waals surface area contributed by atoms with Crippen molar-refractivity contribution < 1.29 is 28.6 Å². The molecule has 0 radical (unpaired) electrons. The molecule has 0 N–H and O–H groups in total. The molecule has 0 aromatic carbocycles. The average molecular weight is 517 g/mol. The molecule has 0 aliphatic carbocycles. The van der Waals surface area contributed by atoms with Crippen LogP contribution in [0, 0.1) is 0 Å². The van der Waals surface area contributed by atoms with Crippen molar-refractivity contribution in [3.63, 3.8) is 0 Å². The van der Waals surface area contributed by atoms with Crippen LogP contribution in [0.4, 0.5) is 0 Å². The molecule has 0 spiro atoms. The Morgan fingerprint density at radius 3 is 0.750 bits per heavy atom. The highest BCUT2D eigenvalue weighted by atomic mass is 16.5. The summed E-state index contributed by atoms with van der Waals surface area (Å²) in [5, 5.41) is 0. The minimum absolute atomic E-state index is 0.161. The number of carbonyl (C=O) groups is 3. The summed E-state index contributed by atoms with van der Waals surface area (Å²) >= 11 is 0. The van der Waals surface area contributed by atoms with E-state index >= 15 is 0 Å². The molecule has 0 bridgehead atoms. The van der Waals surface area contributed by atoms with Crippen LogP contribution in [-0.2, 0) is 28.6 Å². The zero-order chi connectivity index (χ0) is 27.7. The molecule has 0 heterocycles. The summed E-state index contributed by atoms with van der Waals surface area (Å²) in [7, 11) is 0. The third-order valence-electron chi connectivity index (χ3n) is 5.41. The number of unbranched alkanes of at least 4 members (excludes halogenated alkanes) is 15. The van der Waals surface area contributed by atoms with Crippen molar-refractivity contribution in [2.75, 3.05) is 19.8 Å². The van der Waals surface area contributed by atoms with Crippen molar-refractivity contribution >= 4 is 17.9 Å². The predicted octanol–water partition coefficient (Wildman–Crippen LogP) is 8.73. The van der Waals surface area contributed by atoms with Crippen LogP contribution in [-0.4, -0.2) is 37.7 Å². The molecule has 36 heavy (non-hydrogen) atoms. The molecular weight excluding hydrogens is 456 g/mol. The summed E-state index contributed by atoms with van der Waals surface area (Å²) in [6.45, 7) is 12.8. The molecule has 0 aromatic heterocycles. The second-order valence-electron chi connectivity index (χ2n) is 9.32. The fraction of sp³-hybridized carbons (Fsp3) is 0.900. The fourth-order valence-electron chi connectivity index (χ4n) is 3.29. The minimum Gasteiger partial charge on any atom is -0.466 e. The van der Waals surface area contributed by atoms with E-state index in [1.165, 1.54) is 117 Å². The SMILES string of the molecule is CCCCCCCCCOC(C)=O.CCCCCCCCOC(C)=O.CCCCCCCOC(C)=O. The van der Waals surface area contributed by atoms with Crippen molar-refractivity contribution in [1.29, 1.82) is 0 Å². The molecule has 0 amide bonds. The Balaban J connectivity index is -0.000000455. The Bertz CT molecular complexity index is 464. The normalized spacial score (nSPS) is 9.83. The van der Waals surface area contributed by atoms with Gasteiger partial charge in [-0.1, -0.05) is 117 Å². The molecule has 0 saturated carbocycles. The van der Waals surface area contributed by atoms with E-state index in [2.05, 4.69) is 20.8 Å². The number of ether oxygens (including phenoxy) is 3. The van der Waals surface area contributed by atoms with E-state index in [4.69, 9.17) is 14.2 Å². The van der Waals surface area contributed by atoms with E-state index in [1.54, 1.807) is 0 Å². The first-order valence-corrected chi connectivity index (χ1v) is 14.7. The molecule has 0 rings (SSSR count). The number of hydrogen-bond donors (Lipinski definition) is 0. The van der Waals surface area contributed by atoms with Gasteiger partial charge in [-0.3, -0.25) is 14.4 Å². The first-order chi connectivity index (χ1) is 17.3. The zero-order valence-electron chi connectivity index (χ0n) is 24.8. The maximum Gasteiger partial charge on any atom is 0.302 e. The summed E-state index contributed by atoms with van der Waals surface area (Å²) in [5.41, 5.74) is 0. The molecule has 0 fully saturated rings. The second kappa shape index (κ2) is 35.6. The first-order valence-electron chi connectivity index (χ1n) is 14.7. The van der Waals surface area contributed by atoms with Gasteiger partial charge in [0.2, 0.25) is 0 Å². The lowest BCUT2D eigenvalue weighted by atomic mass is 10.1. The minimum atomic E-state index is -0.166. The van der Waals surface area contributed by atoms with Gasteiger partial charge in [-0.05, 0) is 19.3 Å². The maximum atomic E-state index is 10.4. The molecule has 6 heteroatoms. The highest BCUT2D eigenvalue weighted by Gasteiger charge is 1.94. The van der Waals surface area contributed by atoms with Crippen molar-refractivity contribution in [3.8, 4) is 0 Å². The lowest BCUT2D eigenvalue weighted by Gasteiger charge is -2.01. The number of rotatable bonds is 21. The standard InChI is InChI=1S/C11H22O2.C10H20O2.C9H18O2/c1-3-4-5-6-7-8-9-10-13-11(2)12;1-3-4-5-6-7-8-9-12-10(2)11;1-3-4-5-6-7-8-11-9(2)10/h3-10H2,1-2H3;3-9H2,1-2H3;3-8H2,1-2H3. The van der Waals surface area contributed by atoms with E-state index in [1.807, 2.05) is 0 Å². The molecular formula is C30H60O6. The van der Waals surface area contributed by atoms with Crippen LogP contribution in [0.3, 0.4) is 0 Å². The van der Waals surface area contributed by atoms with Crippen LogP contribution in [0.5, 0.6) is 0 Å². The van der Waals surface area contributed by atoms with Gasteiger partial charge < -0.3 is 14.2 Å². The van der Waals surface area contributed by atoms with Crippen LogP contribution >= 0.6 is 0 Å². The van der Waals surface area contributed by atoms with Crippen LogP contribution < -0.4 is 0 Å². The van der Waals surface area contributed by atoms with E-state index in [9.17, 15) is 14.4 Å². The molecule has 0 atom stereocenters. The van der Waals surface area contributed by atoms with Gasteiger partial charge in [0.25, 0.3) is 0 Å². The summed E-state index contributed by atoms with van der Waals surface area (Å²) in [6, 6.07) is 0. The molecule has 6 nitrogen and oxygen atoms in total. The Kier molecular flexibility index (Phi) is 38.5. The predicted molar refractivity (Wildman–Crippen MR) is 150 cm³/mol. The molecule has 0 unspecified atom stereocenters. The molecule has 0 aromatic rings. The van der Waals surface area contributed by atoms with Gasteiger partial charge in [-0.15, -0.1) is 0 Å². The van der Waals surface area contributed by atoms with Gasteiger partial charge in [-0.25, -0.2) is 0 Å². The smallest absolute Gasteiger partial charge is 0.302 e. The molecule has 0 saturated heterocycles. The zero-order valence-corrected chi connectivity index (χ0v) is 24.8. The maximum absolute atomic E-state index is 10.4. The second-order valence-corrected chi connectivity index (χ2v) is 9.32. The largest absolute Gasteiger partial charge is 0.466 e. The van der Waals surface area contributed by atoms with Crippen LogP contribution in [0.1, 0.15) is 157 Å². The third kappa shape index (κ3) is 49.5. The van der Waals surface area contributed by atoms with Gasteiger partial charge in [0.1, 0.15) is 0 Å². The summed E-state index contributed by atoms with van der Waals surface area (Å²) in [5.74, 6) is -0.491. The average Bonchev–Trinajstić information content (AvgIpc) is 2.83. The van der Waals surface area contributed by atoms with Crippen LogP contribution in [0.2, 0.25) is 0 Å².